The number of hydrogen-bond acceptors (Lipinski definition) is 15. The Kier molecular flexibility index (Phi) is 18.9. The molecule has 2 aromatic carbocycles. The number of thioether (sulfide) groups is 1. The van der Waals surface area contributed by atoms with Gasteiger partial charge in [0, 0.05) is 60.4 Å². The van der Waals surface area contributed by atoms with Crippen molar-refractivity contribution in [2.24, 2.45) is 35.3 Å². The molecule has 0 aliphatic carbocycles. The molecule has 1 saturated heterocycles. The maximum absolute atomic E-state index is 15.0. The lowest BCUT2D eigenvalue weighted by atomic mass is 9.81. The first-order chi connectivity index (χ1) is 35.2. The van der Waals surface area contributed by atoms with E-state index in [0.29, 0.717) is 34.3 Å². The summed E-state index contributed by atoms with van der Waals surface area (Å²) in [6.45, 7) is 7.36. The quantitative estimate of drug-likeness (QED) is 0.0663. The van der Waals surface area contributed by atoms with Crippen LogP contribution < -0.4 is 37.1 Å². The van der Waals surface area contributed by atoms with Crippen molar-refractivity contribution in [3.63, 3.8) is 0 Å². The second-order valence-corrected chi connectivity index (χ2v) is 20.2. The van der Waals surface area contributed by atoms with Crippen molar-refractivity contribution in [2.75, 3.05) is 25.4 Å². The van der Waals surface area contributed by atoms with Crippen LogP contribution in [0.2, 0.25) is 0 Å². The van der Waals surface area contributed by atoms with E-state index < -0.39 is 157 Å². The van der Waals surface area contributed by atoms with Crippen molar-refractivity contribution in [3.8, 4) is 5.75 Å². The van der Waals surface area contributed by atoms with Gasteiger partial charge in [0.15, 0.2) is 11.6 Å². The Labute approximate surface area is 430 Å². The summed E-state index contributed by atoms with van der Waals surface area (Å²) in [5, 5.41) is 25.6. The zero-order valence-electron chi connectivity index (χ0n) is 41.8. The minimum Gasteiger partial charge on any atom is -0.429 e. The van der Waals surface area contributed by atoms with Crippen LogP contribution >= 0.6 is 11.8 Å². The van der Waals surface area contributed by atoms with Crippen molar-refractivity contribution < 1.29 is 62.3 Å². The Morgan fingerprint density at radius 3 is 2.16 bits per heavy atom. The van der Waals surface area contributed by atoms with Crippen molar-refractivity contribution in [2.45, 2.75) is 115 Å². The molecule has 1 fully saturated rings. The number of carbonyl (C=O) groups excluding carboxylic acids is 10. The summed E-state index contributed by atoms with van der Waals surface area (Å²) in [5.41, 5.74) is 6.63. The first-order valence-corrected chi connectivity index (χ1v) is 25.6. The lowest BCUT2D eigenvalue weighted by molar-refractivity contribution is -0.384. The molecule has 3 aliphatic heterocycles. The monoisotopic (exact) mass is 1050 g/mol. The number of amides is 7. The predicted octanol–water partition coefficient (Wildman–Crippen LogP) is 2.36. The molecular weight excluding hydrogens is 983 g/mol. The number of primary amides is 1. The van der Waals surface area contributed by atoms with Gasteiger partial charge in [-0.2, -0.15) is 0 Å². The highest BCUT2D eigenvalue weighted by Gasteiger charge is 2.46. The maximum atomic E-state index is 15.0. The maximum Gasteiger partial charge on any atom is 0.514 e. The molecule has 74 heavy (non-hydrogen) atoms. The minimum absolute atomic E-state index is 0.0899. The number of fused-ring (bicyclic) bond motifs is 5. The number of aromatic amines is 1. The number of nitrogens with one attached hydrogen (secondary N) is 6. The molecule has 398 valence electrons. The van der Waals surface area contributed by atoms with E-state index >= 15 is 4.79 Å². The summed E-state index contributed by atoms with van der Waals surface area (Å²) in [7, 11) is 0. The van der Waals surface area contributed by atoms with Crippen LogP contribution in [-0.4, -0.2) is 130 Å². The van der Waals surface area contributed by atoms with Crippen LogP contribution in [0.15, 0.2) is 53.6 Å². The van der Waals surface area contributed by atoms with Gasteiger partial charge in [-0.1, -0.05) is 65.7 Å². The van der Waals surface area contributed by atoms with E-state index in [0.717, 1.165) is 40.9 Å². The van der Waals surface area contributed by atoms with E-state index in [9.17, 15) is 53.3 Å². The summed E-state index contributed by atoms with van der Waals surface area (Å²) in [4.78, 5) is 155. The highest BCUT2D eigenvalue weighted by Crippen LogP contribution is 2.35. The van der Waals surface area contributed by atoms with Crippen molar-refractivity contribution in [1.29, 1.82) is 0 Å². The fourth-order valence-corrected chi connectivity index (χ4v) is 10.5. The van der Waals surface area contributed by atoms with Crippen LogP contribution in [0.3, 0.4) is 0 Å². The Balaban J connectivity index is 1.46. The number of nitrogens with zero attached hydrogens (tertiary/aromatic N) is 2. The highest BCUT2D eigenvalue weighted by molar-refractivity contribution is 7.99. The Hall–Kier alpha value is -7.37. The summed E-state index contributed by atoms with van der Waals surface area (Å²) in [6, 6.07) is 6.38. The molecule has 1 unspecified atom stereocenters. The lowest BCUT2D eigenvalue weighted by Crippen LogP contribution is -2.56. The van der Waals surface area contributed by atoms with Crippen LogP contribution in [0.1, 0.15) is 78.7 Å². The molecule has 2 bridgehead atoms. The van der Waals surface area contributed by atoms with Gasteiger partial charge in [0.1, 0.15) is 23.9 Å². The van der Waals surface area contributed by atoms with E-state index in [1.165, 1.54) is 0 Å². The number of aromatic nitrogens is 1. The number of benzene rings is 2. The fourth-order valence-electron chi connectivity index (χ4n) is 9.35. The van der Waals surface area contributed by atoms with Crippen LogP contribution in [0.25, 0.3) is 10.9 Å². The van der Waals surface area contributed by atoms with Gasteiger partial charge in [0.2, 0.25) is 41.4 Å². The van der Waals surface area contributed by atoms with Crippen LogP contribution in [0.5, 0.6) is 5.75 Å². The molecule has 0 spiro atoms. The zero-order valence-corrected chi connectivity index (χ0v) is 42.6. The number of Topliss-reactive ketones (excluding diaryl/α,β-unsaturated/α-hetero) is 2. The molecule has 1 aromatic heterocycles. The molecule has 23 nitrogen and oxygen atoms in total. The normalized spacial score (nSPS) is 25.2. The standard InChI is InChI=1S/C50H63N9O14S/c1-6-25(3)27(5)44-39(61)17-28-16-34-33-10-8-9-11-35(33)55-48(34)74-24-36(54-41(63)21-53-47(67)43(26(4)7-2)56-42(64)22-52-45(28)65)38(60)18-29(19-40(51)62)49(68)58-23-32(20-37(58)46(66)57-44)73-50(69)72-31-14-12-30(13-15-31)59(70)71/h8-15,25-29,32,36-37,43-44,55H,6-7,16-24H2,1-5H3,(H2,51,62)(H,52,65)(H,53,67)(H,54,63)(H,56,64)(H,57,66)/t25-,26-,27-,28+,29-,32+,36-,37?,43-,44-/m0/s1. The third-order valence-corrected chi connectivity index (χ3v) is 15.3. The number of ketones is 2. The smallest absolute Gasteiger partial charge is 0.429 e. The molecule has 8 N–H and O–H groups in total. The molecule has 0 saturated carbocycles. The predicted molar refractivity (Wildman–Crippen MR) is 267 cm³/mol. The van der Waals surface area contributed by atoms with E-state index in [1.807, 2.05) is 19.9 Å². The number of non-ortho nitro benzene ring substituents is 1. The molecule has 0 radical (unpaired) electrons. The number of carbonyl (C=O) groups is 10. The minimum atomic E-state index is -1.53. The van der Waals surface area contributed by atoms with E-state index in [-0.39, 0.29) is 35.9 Å². The molecule has 24 heteroatoms. The first-order valence-electron chi connectivity index (χ1n) is 24.6. The van der Waals surface area contributed by atoms with E-state index in [2.05, 4.69) is 31.6 Å². The SMILES string of the molecule is CC[C@H](C)[C@H](C)[C@@H]1NC(=O)C2C[C@@H](OC(=O)Oc3ccc([N+](=O)[O-])cc3)CN2C(=O)[C@H](CC(N)=O)CC(=O)[C@@H]2CSc3[nH]c4ccccc4c3C[C@H](CC1=O)C(=O)NCC(=O)N[C@@H]([C@@H](C)CC)C(=O)NCC(=O)N2. The number of nitro benzene ring substituents is 1. The first kappa shape index (κ1) is 55.9. The number of nitrogens with two attached hydrogens (primary N) is 1. The zero-order chi connectivity index (χ0) is 54.0. The Morgan fingerprint density at radius 1 is 0.824 bits per heavy atom. The van der Waals surface area contributed by atoms with Crippen molar-refractivity contribution in [1.82, 2.24) is 36.5 Å². The summed E-state index contributed by atoms with van der Waals surface area (Å²) < 4.78 is 10.8. The van der Waals surface area contributed by atoms with Gasteiger partial charge in [-0.3, -0.25) is 53.3 Å². The number of nitro groups is 1. The molecule has 3 aromatic rings. The van der Waals surface area contributed by atoms with Crippen LogP contribution in [-0.2, 0) is 54.3 Å². The Bertz CT molecular complexity index is 2660. The molecule has 4 heterocycles. The number of para-hydroxylation sites is 1. The van der Waals surface area contributed by atoms with Gasteiger partial charge in [0.25, 0.3) is 5.69 Å². The molecule has 10 atom stereocenters. The average Bonchev–Trinajstić information content (AvgIpc) is 3.95. The van der Waals surface area contributed by atoms with Gasteiger partial charge in [-0.15, -0.1) is 11.8 Å². The van der Waals surface area contributed by atoms with Crippen molar-refractivity contribution >= 4 is 87.4 Å². The largest absolute Gasteiger partial charge is 0.514 e. The van der Waals surface area contributed by atoms with E-state index in [1.54, 1.807) is 39.0 Å². The van der Waals surface area contributed by atoms with E-state index in [4.69, 9.17) is 15.2 Å². The summed E-state index contributed by atoms with van der Waals surface area (Å²) in [6.07, 6.45) is -3.86. The Morgan fingerprint density at radius 2 is 1.50 bits per heavy atom. The second-order valence-electron chi connectivity index (χ2n) is 19.2. The van der Waals surface area contributed by atoms with Crippen LogP contribution in [0.4, 0.5) is 10.5 Å². The van der Waals surface area contributed by atoms with Gasteiger partial charge in [-0.05, 0) is 47.9 Å². The fraction of sp³-hybridized carbons (Fsp3) is 0.520. The topological polar surface area (TPSA) is 337 Å². The third kappa shape index (κ3) is 14.0. The van der Waals surface area contributed by atoms with Gasteiger partial charge in [0.05, 0.1) is 47.6 Å². The third-order valence-electron chi connectivity index (χ3n) is 14.1. The average molecular weight is 1050 g/mol. The molecular formula is C50H63N9O14S. The number of ether oxygens (including phenoxy) is 2. The lowest BCUT2D eigenvalue weighted by Gasteiger charge is -2.33. The van der Waals surface area contributed by atoms with Gasteiger partial charge in [-0.25, -0.2) is 4.79 Å². The number of rotatable bonds is 10. The van der Waals surface area contributed by atoms with Gasteiger partial charge < -0.3 is 51.7 Å². The highest BCUT2D eigenvalue weighted by atomic mass is 32.2. The molecule has 7 amide bonds. The summed E-state index contributed by atoms with van der Waals surface area (Å²) >= 11 is 1.10. The number of hydrogen-bond donors (Lipinski definition) is 7. The second kappa shape index (κ2) is 25.0. The van der Waals surface area contributed by atoms with Crippen molar-refractivity contribution in [3.05, 3.63) is 64.2 Å². The number of H-pyrrole nitrogens is 1. The molecule has 6 rings (SSSR count). The summed E-state index contributed by atoms with van der Waals surface area (Å²) in [5.74, 6) is -11.2. The van der Waals surface area contributed by atoms with Gasteiger partial charge >= 0.3 is 6.16 Å². The molecule has 3 aliphatic rings. The van der Waals surface area contributed by atoms with Crippen LogP contribution in [0, 0.1) is 39.7 Å².